The number of thiocarbonyl (C=S) groups is 1. The Hall–Kier alpha value is -0.310. The molecule has 11 heavy (non-hydrogen) atoms. The van der Waals surface area contributed by atoms with Gasteiger partial charge in [0.25, 0.3) is 5.17 Å². The average Bonchev–Trinajstić information content (AvgIpc) is 1.85. The van der Waals surface area contributed by atoms with Crippen molar-refractivity contribution < 1.29 is 4.74 Å². The molecule has 0 aromatic rings. The molecule has 0 aromatic carbocycles. The predicted molar refractivity (Wildman–Crippen MR) is 51.7 cm³/mol. The predicted octanol–water partition coefficient (Wildman–Crippen LogP) is 2.04. The molecule has 0 spiro atoms. The van der Waals surface area contributed by atoms with Crippen LogP contribution in [0.3, 0.4) is 0 Å². The second kappa shape index (κ2) is 4.54. The molecule has 0 aliphatic rings. The van der Waals surface area contributed by atoms with Gasteiger partial charge in [-0.1, -0.05) is 0 Å². The molecule has 0 bridgehead atoms. The first-order valence-corrected chi connectivity index (χ1v) is 4.27. The number of hydrogen-bond acceptors (Lipinski definition) is 2. The maximum absolute atomic E-state index is 5.03. The van der Waals surface area contributed by atoms with Gasteiger partial charge in [0, 0.05) is 12.1 Å². The van der Waals surface area contributed by atoms with Crippen molar-refractivity contribution in [1.82, 2.24) is 4.90 Å². The van der Waals surface area contributed by atoms with Crippen molar-refractivity contribution in [3.05, 3.63) is 0 Å². The van der Waals surface area contributed by atoms with E-state index < -0.39 is 0 Å². The molecule has 0 saturated carbocycles. The van der Waals surface area contributed by atoms with Gasteiger partial charge in [-0.05, 0) is 39.9 Å². The Morgan fingerprint density at radius 3 is 1.64 bits per heavy atom. The minimum absolute atomic E-state index is 0.405. The monoisotopic (exact) mass is 175 g/mol. The molecular weight excluding hydrogens is 158 g/mol. The van der Waals surface area contributed by atoms with Gasteiger partial charge in [0.15, 0.2) is 0 Å². The molecule has 3 heteroatoms. The number of hydrogen-bond donors (Lipinski definition) is 0. The topological polar surface area (TPSA) is 12.5 Å². The van der Waals surface area contributed by atoms with Gasteiger partial charge in [-0.2, -0.15) is 0 Å². The maximum Gasteiger partial charge on any atom is 0.259 e. The minimum Gasteiger partial charge on any atom is -0.474 e. The van der Waals surface area contributed by atoms with Crippen LogP contribution < -0.4 is 0 Å². The van der Waals surface area contributed by atoms with Crippen molar-refractivity contribution in [3.63, 3.8) is 0 Å². The second-order valence-corrected chi connectivity index (χ2v) is 3.41. The van der Waals surface area contributed by atoms with Crippen molar-refractivity contribution in [3.8, 4) is 0 Å². The Labute approximate surface area is 74.5 Å². The van der Waals surface area contributed by atoms with Gasteiger partial charge in [-0.25, -0.2) is 0 Å². The number of methoxy groups -OCH3 is 1. The van der Waals surface area contributed by atoms with E-state index in [4.69, 9.17) is 17.0 Å². The lowest BCUT2D eigenvalue weighted by Crippen LogP contribution is -2.41. The molecule has 0 aromatic heterocycles. The van der Waals surface area contributed by atoms with Crippen molar-refractivity contribution in [2.45, 2.75) is 39.8 Å². The summed E-state index contributed by atoms with van der Waals surface area (Å²) in [5.41, 5.74) is 0. The van der Waals surface area contributed by atoms with Gasteiger partial charge >= 0.3 is 0 Å². The smallest absolute Gasteiger partial charge is 0.259 e. The normalized spacial score (nSPS) is 10.5. The van der Waals surface area contributed by atoms with Crippen LogP contribution in [0, 0.1) is 0 Å². The highest BCUT2D eigenvalue weighted by Gasteiger charge is 2.16. The van der Waals surface area contributed by atoms with Crippen molar-refractivity contribution >= 4 is 17.4 Å². The summed E-state index contributed by atoms with van der Waals surface area (Å²) in [6, 6.07) is 0.810. The van der Waals surface area contributed by atoms with Gasteiger partial charge in [-0.15, -0.1) is 0 Å². The van der Waals surface area contributed by atoms with Crippen molar-refractivity contribution in [1.29, 1.82) is 0 Å². The Kier molecular flexibility index (Phi) is 4.42. The van der Waals surface area contributed by atoms with Crippen molar-refractivity contribution in [2.75, 3.05) is 7.11 Å². The molecule has 2 nitrogen and oxygen atoms in total. The summed E-state index contributed by atoms with van der Waals surface area (Å²) < 4.78 is 4.99. The zero-order chi connectivity index (χ0) is 9.02. The van der Waals surface area contributed by atoms with Gasteiger partial charge in [-0.3, -0.25) is 0 Å². The van der Waals surface area contributed by atoms with Gasteiger partial charge in [0.05, 0.1) is 7.11 Å². The fraction of sp³-hybridized carbons (Fsp3) is 0.875. The van der Waals surface area contributed by atoms with Gasteiger partial charge < -0.3 is 9.64 Å². The Morgan fingerprint density at radius 1 is 1.18 bits per heavy atom. The first-order chi connectivity index (χ1) is 5.00. The maximum atomic E-state index is 5.03. The highest BCUT2D eigenvalue weighted by Crippen LogP contribution is 2.06. The van der Waals surface area contributed by atoms with Crippen LogP contribution >= 0.6 is 12.2 Å². The molecular formula is C8H17NOS. The first-order valence-electron chi connectivity index (χ1n) is 3.87. The summed E-state index contributed by atoms with van der Waals surface area (Å²) >= 11 is 5.03. The first kappa shape index (κ1) is 10.7. The summed E-state index contributed by atoms with van der Waals surface area (Å²) in [6.07, 6.45) is 0. The van der Waals surface area contributed by atoms with Crippen LogP contribution in [-0.4, -0.2) is 29.3 Å². The van der Waals surface area contributed by atoms with E-state index in [1.165, 1.54) is 0 Å². The molecule has 0 saturated heterocycles. The SMILES string of the molecule is COC(=S)N(C(C)C)C(C)C. The number of rotatable bonds is 2. The van der Waals surface area contributed by atoms with E-state index in [0.717, 1.165) is 0 Å². The molecule has 0 fully saturated rings. The lowest BCUT2D eigenvalue weighted by atomic mass is 10.2. The van der Waals surface area contributed by atoms with E-state index in [1.54, 1.807) is 7.11 Å². The van der Waals surface area contributed by atoms with Crippen LogP contribution in [0.4, 0.5) is 0 Å². The zero-order valence-electron chi connectivity index (χ0n) is 7.92. The summed E-state index contributed by atoms with van der Waals surface area (Å²) in [5.74, 6) is 0. The third-order valence-corrected chi connectivity index (χ3v) is 1.88. The Bertz CT molecular complexity index is 126. The summed E-state index contributed by atoms with van der Waals surface area (Å²) in [4.78, 5) is 2.06. The molecule has 0 unspecified atom stereocenters. The molecule has 0 aliphatic carbocycles. The molecule has 0 atom stereocenters. The fourth-order valence-electron chi connectivity index (χ4n) is 1.12. The summed E-state index contributed by atoms with van der Waals surface area (Å²) in [7, 11) is 1.61. The van der Waals surface area contributed by atoms with Crippen LogP contribution in [0.1, 0.15) is 27.7 Å². The zero-order valence-corrected chi connectivity index (χ0v) is 8.73. The Morgan fingerprint density at radius 2 is 1.55 bits per heavy atom. The van der Waals surface area contributed by atoms with Crippen LogP contribution in [0.5, 0.6) is 0 Å². The standard InChI is InChI=1S/C8H17NOS/c1-6(2)9(7(3)4)8(11)10-5/h6-7H,1-5H3. The highest BCUT2D eigenvalue weighted by atomic mass is 32.1. The molecule has 0 amide bonds. The summed E-state index contributed by atoms with van der Waals surface area (Å²) in [6.45, 7) is 8.41. The van der Waals surface area contributed by atoms with Crippen LogP contribution in [0.2, 0.25) is 0 Å². The number of ether oxygens (including phenoxy) is 1. The number of nitrogens with zero attached hydrogens (tertiary/aromatic N) is 1. The van der Waals surface area contributed by atoms with Crippen molar-refractivity contribution in [2.24, 2.45) is 0 Å². The van der Waals surface area contributed by atoms with E-state index >= 15 is 0 Å². The fourth-order valence-corrected chi connectivity index (χ4v) is 1.54. The quantitative estimate of drug-likeness (QED) is 0.596. The summed E-state index contributed by atoms with van der Waals surface area (Å²) in [5, 5.41) is 0.579. The van der Waals surface area contributed by atoms with E-state index in [9.17, 15) is 0 Å². The lowest BCUT2D eigenvalue weighted by molar-refractivity contribution is 0.225. The molecule has 66 valence electrons. The van der Waals surface area contributed by atoms with Crippen LogP contribution in [0.15, 0.2) is 0 Å². The second-order valence-electron chi connectivity index (χ2n) is 3.06. The van der Waals surface area contributed by atoms with E-state index in [2.05, 4.69) is 32.6 Å². The van der Waals surface area contributed by atoms with E-state index in [-0.39, 0.29) is 0 Å². The average molecular weight is 175 g/mol. The molecule has 0 heterocycles. The largest absolute Gasteiger partial charge is 0.474 e. The molecule has 0 aliphatic heterocycles. The highest BCUT2D eigenvalue weighted by molar-refractivity contribution is 7.80. The lowest BCUT2D eigenvalue weighted by Gasteiger charge is -2.31. The third-order valence-electron chi connectivity index (χ3n) is 1.50. The molecule has 0 N–H and O–H groups in total. The van der Waals surface area contributed by atoms with Gasteiger partial charge in [0.1, 0.15) is 0 Å². The third kappa shape index (κ3) is 3.06. The van der Waals surface area contributed by atoms with E-state index in [0.29, 0.717) is 17.3 Å². The minimum atomic E-state index is 0.405. The Balaban J connectivity index is 4.22. The van der Waals surface area contributed by atoms with Crippen LogP contribution in [0.25, 0.3) is 0 Å². The molecule has 0 rings (SSSR count). The molecule has 0 radical (unpaired) electrons. The van der Waals surface area contributed by atoms with Gasteiger partial charge in [0.2, 0.25) is 0 Å². The van der Waals surface area contributed by atoms with Crippen LogP contribution in [-0.2, 0) is 4.74 Å². The van der Waals surface area contributed by atoms with E-state index in [1.807, 2.05) is 0 Å².